The highest BCUT2D eigenvalue weighted by Gasteiger charge is 2.38. The molecular formula is C13H27NO. The number of β-amino-alcohol motifs (C(OH)–C–C–N with tert-alkyl or cyclic N) is 1. The third kappa shape index (κ3) is 2.94. The predicted octanol–water partition coefficient (Wildman–Crippen LogP) is 2.37. The van der Waals surface area contributed by atoms with E-state index in [0.29, 0.717) is 17.8 Å². The van der Waals surface area contributed by atoms with Crippen LogP contribution in [0.2, 0.25) is 0 Å². The van der Waals surface area contributed by atoms with E-state index < -0.39 is 0 Å². The van der Waals surface area contributed by atoms with Crippen molar-refractivity contribution in [2.24, 2.45) is 17.8 Å². The van der Waals surface area contributed by atoms with Crippen molar-refractivity contribution in [3.05, 3.63) is 0 Å². The van der Waals surface area contributed by atoms with Crippen LogP contribution in [0.3, 0.4) is 0 Å². The SMILES string of the molecule is CC(C)C1C(C)CN(C(C)(C)C)CC1O. The molecule has 0 aromatic carbocycles. The Kier molecular flexibility index (Phi) is 3.83. The second-order valence-corrected chi connectivity index (χ2v) is 6.44. The summed E-state index contributed by atoms with van der Waals surface area (Å²) in [5.41, 5.74) is 0.178. The van der Waals surface area contributed by atoms with E-state index in [-0.39, 0.29) is 11.6 Å². The first kappa shape index (κ1) is 13.0. The Bertz CT molecular complexity index is 195. The van der Waals surface area contributed by atoms with Gasteiger partial charge in [0.05, 0.1) is 6.10 Å². The summed E-state index contributed by atoms with van der Waals surface area (Å²) in [5, 5.41) is 10.2. The van der Waals surface area contributed by atoms with Gasteiger partial charge >= 0.3 is 0 Å². The van der Waals surface area contributed by atoms with Crippen LogP contribution in [-0.4, -0.2) is 34.7 Å². The summed E-state index contributed by atoms with van der Waals surface area (Å²) in [7, 11) is 0. The number of rotatable bonds is 1. The number of aliphatic hydroxyl groups excluding tert-OH is 1. The summed E-state index contributed by atoms with van der Waals surface area (Å²) in [6.45, 7) is 15.3. The van der Waals surface area contributed by atoms with Gasteiger partial charge in [0.2, 0.25) is 0 Å². The Morgan fingerprint density at radius 2 is 1.73 bits per heavy atom. The standard InChI is InChI=1S/C13H27NO/c1-9(2)12-10(3)7-14(8-11(12)15)13(4,5)6/h9-12,15H,7-8H2,1-6H3. The third-order valence-electron chi connectivity index (χ3n) is 3.74. The largest absolute Gasteiger partial charge is 0.391 e. The van der Waals surface area contributed by atoms with Gasteiger partial charge in [-0.2, -0.15) is 0 Å². The lowest BCUT2D eigenvalue weighted by Crippen LogP contribution is -2.56. The zero-order valence-corrected chi connectivity index (χ0v) is 11.1. The minimum absolute atomic E-state index is 0.159. The molecule has 1 N–H and O–H groups in total. The second-order valence-electron chi connectivity index (χ2n) is 6.44. The molecule has 0 aromatic heterocycles. The van der Waals surface area contributed by atoms with Crippen LogP contribution in [0.25, 0.3) is 0 Å². The molecule has 0 aliphatic carbocycles. The molecule has 3 unspecified atom stereocenters. The number of likely N-dealkylation sites (tertiary alicyclic amines) is 1. The van der Waals surface area contributed by atoms with Gasteiger partial charge in [-0.1, -0.05) is 20.8 Å². The molecule has 1 fully saturated rings. The van der Waals surface area contributed by atoms with Gasteiger partial charge in [-0.05, 0) is 38.5 Å². The molecule has 1 aliphatic heterocycles. The molecule has 2 nitrogen and oxygen atoms in total. The van der Waals surface area contributed by atoms with Gasteiger partial charge in [0, 0.05) is 18.6 Å². The molecule has 0 saturated carbocycles. The molecule has 15 heavy (non-hydrogen) atoms. The normalized spacial score (nSPS) is 34.8. The van der Waals surface area contributed by atoms with Crippen LogP contribution in [0.5, 0.6) is 0 Å². The number of nitrogens with zero attached hydrogens (tertiary/aromatic N) is 1. The molecule has 90 valence electrons. The van der Waals surface area contributed by atoms with Crippen LogP contribution < -0.4 is 0 Å². The van der Waals surface area contributed by atoms with E-state index in [1.165, 1.54) is 0 Å². The van der Waals surface area contributed by atoms with E-state index in [1.807, 2.05) is 0 Å². The van der Waals surface area contributed by atoms with E-state index in [0.717, 1.165) is 13.1 Å². The topological polar surface area (TPSA) is 23.5 Å². The zero-order chi connectivity index (χ0) is 11.8. The smallest absolute Gasteiger partial charge is 0.0700 e. The van der Waals surface area contributed by atoms with Crippen molar-refractivity contribution in [1.82, 2.24) is 4.90 Å². The fourth-order valence-electron chi connectivity index (χ4n) is 2.92. The summed E-state index contributed by atoms with van der Waals surface area (Å²) in [5.74, 6) is 1.63. The molecule has 1 saturated heterocycles. The Hall–Kier alpha value is -0.0800. The maximum absolute atomic E-state index is 10.2. The number of hydrogen-bond acceptors (Lipinski definition) is 2. The van der Waals surface area contributed by atoms with E-state index >= 15 is 0 Å². The summed E-state index contributed by atoms with van der Waals surface area (Å²) in [6, 6.07) is 0. The number of aliphatic hydroxyl groups is 1. The fraction of sp³-hybridized carbons (Fsp3) is 1.00. The summed E-state index contributed by atoms with van der Waals surface area (Å²) >= 11 is 0. The molecule has 3 atom stereocenters. The molecule has 1 heterocycles. The Morgan fingerprint density at radius 3 is 2.07 bits per heavy atom. The average Bonchev–Trinajstić information content (AvgIpc) is 1.99. The van der Waals surface area contributed by atoms with Gasteiger partial charge in [-0.15, -0.1) is 0 Å². The first-order valence-corrected chi connectivity index (χ1v) is 6.16. The molecule has 0 spiro atoms. The quantitative estimate of drug-likeness (QED) is 0.723. The van der Waals surface area contributed by atoms with Crippen molar-refractivity contribution in [3.8, 4) is 0 Å². The van der Waals surface area contributed by atoms with Gasteiger partial charge in [0.1, 0.15) is 0 Å². The van der Waals surface area contributed by atoms with Gasteiger partial charge in [-0.25, -0.2) is 0 Å². The highest BCUT2D eigenvalue weighted by atomic mass is 16.3. The summed E-state index contributed by atoms with van der Waals surface area (Å²) in [4.78, 5) is 2.40. The highest BCUT2D eigenvalue weighted by Crippen LogP contribution is 2.32. The van der Waals surface area contributed by atoms with Crippen LogP contribution in [0.4, 0.5) is 0 Å². The van der Waals surface area contributed by atoms with Crippen LogP contribution >= 0.6 is 0 Å². The second kappa shape index (κ2) is 4.42. The fourth-order valence-corrected chi connectivity index (χ4v) is 2.92. The van der Waals surface area contributed by atoms with Crippen molar-refractivity contribution >= 4 is 0 Å². The van der Waals surface area contributed by atoms with Crippen LogP contribution in [0.15, 0.2) is 0 Å². The minimum atomic E-state index is -0.159. The molecule has 2 heteroatoms. The first-order chi connectivity index (χ1) is 6.73. The van der Waals surface area contributed by atoms with Crippen molar-refractivity contribution in [2.45, 2.75) is 53.2 Å². The van der Waals surface area contributed by atoms with Crippen molar-refractivity contribution in [3.63, 3.8) is 0 Å². The van der Waals surface area contributed by atoms with Crippen molar-refractivity contribution in [2.75, 3.05) is 13.1 Å². The lowest BCUT2D eigenvalue weighted by Gasteiger charge is -2.47. The zero-order valence-electron chi connectivity index (χ0n) is 11.1. The van der Waals surface area contributed by atoms with Crippen molar-refractivity contribution in [1.29, 1.82) is 0 Å². The van der Waals surface area contributed by atoms with Gasteiger partial charge < -0.3 is 5.11 Å². The molecule has 0 aromatic rings. The summed E-state index contributed by atoms with van der Waals surface area (Å²) < 4.78 is 0. The lowest BCUT2D eigenvalue weighted by atomic mass is 9.76. The van der Waals surface area contributed by atoms with Crippen LogP contribution in [0, 0.1) is 17.8 Å². The molecule has 0 bridgehead atoms. The highest BCUT2D eigenvalue weighted by molar-refractivity contribution is 4.90. The number of hydrogen-bond donors (Lipinski definition) is 1. The van der Waals surface area contributed by atoms with Gasteiger partial charge in [0.25, 0.3) is 0 Å². The monoisotopic (exact) mass is 213 g/mol. The minimum Gasteiger partial charge on any atom is -0.391 e. The van der Waals surface area contributed by atoms with Gasteiger partial charge in [-0.3, -0.25) is 4.90 Å². The maximum Gasteiger partial charge on any atom is 0.0700 e. The Morgan fingerprint density at radius 1 is 1.20 bits per heavy atom. The third-order valence-corrected chi connectivity index (χ3v) is 3.74. The van der Waals surface area contributed by atoms with E-state index in [4.69, 9.17) is 0 Å². The number of piperidine rings is 1. The molecular weight excluding hydrogens is 186 g/mol. The van der Waals surface area contributed by atoms with E-state index in [9.17, 15) is 5.11 Å². The summed E-state index contributed by atoms with van der Waals surface area (Å²) in [6.07, 6.45) is -0.159. The maximum atomic E-state index is 10.2. The molecule has 0 amide bonds. The van der Waals surface area contributed by atoms with E-state index in [2.05, 4.69) is 46.4 Å². The first-order valence-electron chi connectivity index (χ1n) is 6.16. The Balaban J connectivity index is 2.71. The average molecular weight is 213 g/mol. The lowest BCUT2D eigenvalue weighted by molar-refractivity contribution is -0.0580. The molecule has 1 rings (SSSR count). The Labute approximate surface area is 94.7 Å². The van der Waals surface area contributed by atoms with Crippen molar-refractivity contribution < 1.29 is 5.11 Å². The van der Waals surface area contributed by atoms with E-state index in [1.54, 1.807) is 0 Å². The van der Waals surface area contributed by atoms with Crippen LogP contribution in [0.1, 0.15) is 41.5 Å². The molecule has 0 radical (unpaired) electrons. The molecule has 1 aliphatic rings. The van der Waals surface area contributed by atoms with Crippen LogP contribution in [-0.2, 0) is 0 Å². The van der Waals surface area contributed by atoms with Gasteiger partial charge in [0.15, 0.2) is 0 Å². The predicted molar refractivity (Wildman–Crippen MR) is 64.8 cm³/mol.